The van der Waals surface area contributed by atoms with E-state index in [0.29, 0.717) is 0 Å². The van der Waals surface area contributed by atoms with E-state index in [9.17, 15) is 9.18 Å². The maximum atomic E-state index is 12.1. The highest BCUT2D eigenvalue weighted by Gasteiger charge is 2.40. The summed E-state index contributed by atoms with van der Waals surface area (Å²) >= 11 is 0. The van der Waals surface area contributed by atoms with Crippen LogP contribution in [-0.4, -0.2) is 23.5 Å². The van der Waals surface area contributed by atoms with Crippen LogP contribution in [0.25, 0.3) is 0 Å². The van der Waals surface area contributed by atoms with Crippen LogP contribution in [-0.2, 0) is 9.53 Å². The number of carbonyl (C=O) groups is 1. The smallest absolute Gasteiger partial charge is 0.314 e. The Hall–Kier alpha value is -0.640. The lowest BCUT2D eigenvalue weighted by molar-refractivity contribution is -0.150. The number of esters is 1. The topological polar surface area (TPSA) is 46.5 Å². The highest BCUT2D eigenvalue weighted by atomic mass is 19.1. The first-order valence-electron chi connectivity index (χ1n) is 2.65. The van der Waals surface area contributed by atoms with Crippen molar-refractivity contribution in [1.82, 2.24) is 0 Å². The third kappa shape index (κ3) is 0.896. The highest BCUT2D eigenvalue weighted by Crippen LogP contribution is 2.21. The summed E-state index contributed by atoms with van der Waals surface area (Å²) in [6, 6.07) is 0. The van der Waals surface area contributed by atoms with Crippen LogP contribution >= 0.6 is 0 Å². The molecule has 4 heteroatoms. The zero-order valence-corrected chi connectivity index (χ0v) is 4.87. The van der Waals surface area contributed by atoms with Gasteiger partial charge in [0.25, 0.3) is 6.36 Å². The Morgan fingerprint density at radius 2 is 2.33 bits per heavy atom. The Labute approximate surface area is 51.4 Å². The van der Waals surface area contributed by atoms with Crippen molar-refractivity contribution in [2.75, 3.05) is 0 Å². The number of aliphatic hydroxyl groups is 1. The van der Waals surface area contributed by atoms with Gasteiger partial charge in [-0.05, 0) is 6.92 Å². The molecule has 0 saturated carbocycles. The predicted octanol–water partition coefficient (Wildman–Crippen LogP) is -0.164. The van der Waals surface area contributed by atoms with E-state index in [1.807, 2.05) is 0 Å². The van der Waals surface area contributed by atoms with Crippen molar-refractivity contribution in [2.45, 2.75) is 19.4 Å². The van der Waals surface area contributed by atoms with Gasteiger partial charge in [-0.15, -0.1) is 0 Å². The van der Waals surface area contributed by atoms with Gasteiger partial charge in [0.1, 0.15) is 6.10 Å². The second-order valence-corrected chi connectivity index (χ2v) is 2.07. The second kappa shape index (κ2) is 1.95. The van der Waals surface area contributed by atoms with Gasteiger partial charge in [-0.2, -0.15) is 4.39 Å². The van der Waals surface area contributed by atoms with E-state index in [2.05, 4.69) is 4.74 Å². The SMILES string of the molecule is CC1C(=O)OC(F)C1O. The summed E-state index contributed by atoms with van der Waals surface area (Å²) < 4.78 is 16.2. The minimum atomic E-state index is -1.83. The summed E-state index contributed by atoms with van der Waals surface area (Å²) in [5, 5.41) is 8.72. The molecule has 3 nitrogen and oxygen atoms in total. The molecule has 0 aliphatic carbocycles. The molecule has 3 atom stereocenters. The molecule has 0 spiro atoms. The molecule has 0 aromatic rings. The number of rotatable bonds is 0. The summed E-state index contributed by atoms with van der Waals surface area (Å²) in [6.45, 7) is 1.42. The fourth-order valence-corrected chi connectivity index (χ4v) is 0.654. The van der Waals surface area contributed by atoms with Crippen molar-refractivity contribution in [1.29, 1.82) is 0 Å². The standard InChI is InChI=1S/C5H7FO3/c1-2-3(7)4(6)9-5(2)8/h2-4,7H,1H3. The summed E-state index contributed by atoms with van der Waals surface area (Å²) in [4.78, 5) is 10.4. The molecule has 1 saturated heterocycles. The largest absolute Gasteiger partial charge is 0.428 e. The Bertz CT molecular complexity index is 136. The molecule has 0 radical (unpaired) electrons. The van der Waals surface area contributed by atoms with E-state index in [-0.39, 0.29) is 0 Å². The molecule has 52 valence electrons. The lowest BCUT2D eigenvalue weighted by Gasteiger charge is -2.02. The first-order valence-corrected chi connectivity index (χ1v) is 2.65. The predicted molar refractivity (Wildman–Crippen MR) is 26.2 cm³/mol. The molecule has 1 aliphatic rings. The van der Waals surface area contributed by atoms with Crippen LogP contribution in [0, 0.1) is 5.92 Å². The Morgan fingerprint density at radius 3 is 2.44 bits per heavy atom. The van der Waals surface area contributed by atoms with Crippen molar-refractivity contribution in [3.8, 4) is 0 Å². The van der Waals surface area contributed by atoms with Crippen molar-refractivity contribution >= 4 is 5.97 Å². The van der Waals surface area contributed by atoms with Crippen LogP contribution in [0.4, 0.5) is 4.39 Å². The maximum absolute atomic E-state index is 12.1. The van der Waals surface area contributed by atoms with Gasteiger partial charge in [0.2, 0.25) is 0 Å². The Kier molecular flexibility index (Phi) is 1.40. The fourth-order valence-electron chi connectivity index (χ4n) is 0.654. The van der Waals surface area contributed by atoms with Crippen LogP contribution in [0.3, 0.4) is 0 Å². The molecular weight excluding hydrogens is 127 g/mol. The molecule has 0 bridgehead atoms. The Morgan fingerprint density at radius 1 is 1.78 bits per heavy atom. The van der Waals surface area contributed by atoms with Crippen LogP contribution in [0.15, 0.2) is 0 Å². The minimum Gasteiger partial charge on any atom is -0.428 e. The first kappa shape index (κ1) is 6.48. The van der Waals surface area contributed by atoms with Crippen LogP contribution in [0.5, 0.6) is 0 Å². The lowest BCUT2D eigenvalue weighted by atomic mass is 10.1. The second-order valence-electron chi connectivity index (χ2n) is 2.07. The number of aliphatic hydroxyl groups excluding tert-OH is 1. The molecule has 9 heavy (non-hydrogen) atoms. The molecular formula is C5H7FO3. The molecule has 0 aromatic heterocycles. The van der Waals surface area contributed by atoms with Gasteiger partial charge >= 0.3 is 5.97 Å². The third-order valence-corrected chi connectivity index (χ3v) is 1.38. The van der Waals surface area contributed by atoms with Gasteiger partial charge in [-0.3, -0.25) is 4.79 Å². The van der Waals surface area contributed by atoms with E-state index in [0.717, 1.165) is 0 Å². The van der Waals surface area contributed by atoms with Gasteiger partial charge in [0.05, 0.1) is 5.92 Å². The molecule has 3 unspecified atom stereocenters. The summed E-state index contributed by atoms with van der Waals surface area (Å²) in [7, 11) is 0. The summed E-state index contributed by atoms with van der Waals surface area (Å²) in [5.41, 5.74) is 0. The van der Waals surface area contributed by atoms with Crippen molar-refractivity contribution in [3.63, 3.8) is 0 Å². The average molecular weight is 134 g/mol. The molecule has 1 N–H and O–H groups in total. The van der Waals surface area contributed by atoms with E-state index >= 15 is 0 Å². The first-order chi connectivity index (χ1) is 4.13. The molecule has 1 aliphatic heterocycles. The van der Waals surface area contributed by atoms with Gasteiger partial charge in [0.15, 0.2) is 0 Å². The fraction of sp³-hybridized carbons (Fsp3) is 0.800. The highest BCUT2D eigenvalue weighted by molar-refractivity contribution is 5.74. The summed E-state index contributed by atoms with van der Waals surface area (Å²) in [5.74, 6) is -1.39. The van der Waals surface area contributed by atoms with Crippen molar-refractivity contribution in [2.24, 2.45) is 5.92 Å². The number of alkyl halides is 1. The van der Waals surface area contributed by atoms with Crippen LogP contribution in [0.2, 0.25) is 0 Å². The molecule has 1 heterocycles. The molecule has 1 rings (SSSR count). The van der Waals surface area contributed by atoms with Gasteiger partial charge < -0.3 is 9.84 Å². The van der Waals surface area contributed by atoms with Gasteiger partial charge in [0, 0.05) is 0 Å². The zero-order valence-electron chi connectivity index (χ0n) is 4.87. The zero-order chi connectivity index (χ0) is 7.02. The van der Waals surface area contributed by atoms with E-state index in [4.69, 9.17) is 5.11 Å². The number of cyclic esters (lactones) is 1. The molecule has 0 amide bonds. The number of halogens is 1. The number of carbonyl (C=O) groups excluding carboxylic acids is 1. The third-order valence-electron chi connectivity index (χ3n) is 1.38. The quantitative estimate of drug-likeness (QED) is 0.468. The minimum absolute atomic E-state index is 0.671. The molecule has 0 aromatic carbocycles. The molecule has 1 fully saturated rings. The van der Waals surface area contributed by atoms with Crippen molar-refractivity contribution in [3.05, 3.63) is 0 Å². The average Bonchev–Trinajstić information content (AvgIpc) is 1.98. The number of hydrogen-bond donors (Lipinski definition) is 1. The normalized spacial score (nSPS) is 43.0. The van der Waals surface area contributed by atoms with Gasteiger partial charge in [-0.25, -0.2) is 0 Å². The van der Waals surface area contributed by atoms with Gasteiger partial charge in [-0.1, -0.05) is 0 Å². The van der Waals surface area contributed by atoms with E-state index in [1.54, 1.807) is 0 Å². The number of ether oxygens (including phenoxy) is 1. The summed E-state index contributed by atoms with van der Waals surface area (Å²) in [6.07, 6.45) is -3.11. The lowest BCUT2D eigenvalue weighted by Crippen LogP contribution is -2.21. The van der Waals surface area contributed by atoms with Crippen molar-refractivity contribution < 1.29 is 19.0 Å². The van der Waals surface area contributed by atoms with E-state index in [1.165, 1.54) is 6.92 Å². The maximum Gasteiger partial charge on any atom is 0.314 e. The monoisotopic (exact) mass is 134 g/mol. The Balaban J connectivity index is 2.65. The van der Waals surface area contributed by atoms with Crippen LogP contribution in [0.1, 0.15) is 6.92 Å². The van der Waals surface area contributed by atoms with E-state index < -0.39 is 24.3 Å². The van der Waals surface area contributed by atoms with Crippen LogP contribution < -0.4 is 0 Å². The number of hydrogen-bond acceptors (Lipinski definition) is 3.